The summed E-state index contributed by atoms with van der Waals surface area (Å²) in [5.74, 6) is 1.78. The number of rotatable bonds is 5. The Labute approximate surface area is 137 Å². The van der Waals surface area contributed by atoms with Gasteiger partial charge in [-0.1, -0.05) is 12.1 Å². The monoisotopic (exact) mass is 328 g/mol. The van der Waals surface area contributed by atoms with E-state index in [0.29, 0.717) is 17.3 Å². The van der Waals surface area contributed by atoms with Crippen LogP contribution in [0.5, 0.6) is 5.75 Å². The van der Waals surface area contributed by atoms with Crippen LogP contribution in [-0.2, 0) is 11.4 Å². The summed E-state index contributed by atoms with van der Waals surface area (Å²) in [5.41, 5.74) is 2.34. The molecule has 3 aromatic rings. The van der Waals surface area contributed by atoms with Gasteiger partial charge in [0.15, 0.2) is 0 Å². The smallest absolute Gasteiger partial charge is 0.227 e. The number of carbonyl (C=O) groups is 1. The number of aryl methyl sites for hydroxylation is 1. The molecule has 1 amide bonds. The van der Waals surface area contributed by atoms with E-state index in [9.17, 15) is 4.79 Å². The SMILES string of the molecule is CC(=O)Nc1ccccc1OCc1nc(-c2ccsc2)oc1C. The van der Waals surface area contributed by atoms with Gasteiger partial charge in [0.05, 0.1) is 5.69 Å². The number of anilines is 1. The summed E-state index contributed by atoms with van der Waals surface area (Å²) < 4.78 is 11.5. The van der Waals surface area contributed by atoms with E-state index in [2.05, 4.69) is 10.3 Å². The Balaban J connectivity index is 1.75. The average molecular weight is 328 g/mol. The summed E-state index contributed by atoms with van der Waals surface area (Å²) in [6.45, 7) is 3.60. The van der Waals surface area contributed by atoms with Crippen molar-refractivity contribution in [3.8, 4) is 17.2 Å². The molecule has 0 spiro atoms. The summed E-state index contributed by atoms with van der Waals surface area (Å²) in [6, 6.07) is 9.26. The number of oxazole rings is 1. The van der Waals surface area contributed by atoms with Crippen LogP contribution in [-0.4, -0.2) is 10.9 Å². The third-order valence-electron chi connectivity index (χ3n) is 3.22. The van der Waals surface area contributed by atoms with E-state index in [0.717, 1.165) is 17.0 Å². The van der Waals surface area contributed by atoms with Gasteiger partial charge in [-0.15, -0.1) is 0 Å². The Morgan fingerprint density at radius 3 is 2.91 bits per heavy atom. The summed E-state index contributed by atoms with van der Waals surface area (Å²) in [5, 5.41) is 6.71. The van der Waals surface area contributed by atoms with E-state index in [1.807, 2.05) is 35.9 Å². The number of aromatic nitrogens is 1. The van der Waals surface area contributed by atoms with Gasteiger partial charge in [0.1, 0.15) is 23.8 Å². The van der Waals surface area contributed by atoms with E-state index < -0.39 is 0 Å². The van der Waals surface area contributed by atoms with Gasteiger partial charge in [-0.05, 0) is 30.5 Å². The third-order valence-corrected chi connectivity index (χ3v) is 3.91. The van der Waals surface area contributed by atoms with Crippen molar-refractivity contribution >= 4 is 22.9 Å². The molecule has 0 aliphatic carbocycles. The second-order valence-corrected chi connectivity index (χ2v) is 5.78. The molecular weight excluding hydrogens is 312 g/mol. The number of carbonyl (C=O) groups excluding carboxylic acids is 1. The Morgan fingerprint density at radius 2 is 2.17 bits per heavy atom. The van der Waals surface area contributed by atoms with Gasteiger partial charge >= 0.3 is 0 Å². The van der Waals surface area contributed by atoms with Crippen molar-refractivity contribution in [2.45, 2.75) is 20.5 Å². The molecule has 5 nitrogen and oxygen atoms in total. The highest BCUT2D eigenvalue weighted by Crippen LogP contribution is 2.27. The van der Waals surface area contributed by atoms with Crippen molar-refractivity contribution in [3.05, 3.63) is 52.5 Å². The fourth-order valence-corrected chi connectivity index (χ4v) is 2.73. The van der Waals surface area contributed by atoms with Gasteiger partial charge in [-0.25, -0.2) is 4.98 Å². The lowest BCUT2D eigenvalue weighted by atomic mass is 10.3. The molecule has 6 heteroatoms. The van der Waals surface area contributed by atoms with Crippen molar-refractivity contribution in [2.24, 2.45) is 0 Å². The van der Waals surface area contributed by atoms with Gasteiger partial charge < -0.3 is 14.5 Å². The summed E-state index contributed by atoms with van der Waals surface area (Å²) in [4.78, 5) is 15.7. The van der Waals surface area contributed by atoms with Gasteiger partial charge in [-0.3, -0.25) is 4.79 Å². The first-order valence-electron chi connectivity index (χ1n) is 7.12. The standard InChI is InChI=1S/C17H16N2O3S/c1-11-15(19-17(22-11)13-7-8-23-10-13)9-21-16-6-4-3-5-14(16)18-12(2)20/h3-8,10H,9H2,1-2H3,(H,18,20). The predicted molar refractivity (Wildman–Crippen MR) is 89.6 cm³/mol. The maximum Gasteiger partial charge on any atom is 0.227 e. The number of nitrogens with one attached hydrogen (secondary N) is 1. The molecule has 0 unspecified atom stereocenters. The minimum absolute atomic E-state index is 0.140. The molecule has 1 aromatic carbocycles. The van der Waals surface area contributed by atoms with Crippen LogP contribution in [0.1, 0.15) is 18.4 Å². The number of hydrogen-bond donors (Lipinski definition) is 1. The van der Waals surface area contributed by atoms with Crippen LogP contribution in [0.25, 0.3) is 11.5 Å². The number of benzene rings is 1. The molecule has 0 radical (unpaired) electrons. The van der Waals surface area contributed by atoms with Crippen molar-refractivity contribution < 1.29 is 13.9 Å². The third kappa shape index (κ3) is 3.60. The zero-order chi connectivity index (χ0) is 16.2. The van der Waals surface area contributed by atoms with E-state index >= 15 is 0 Å². The van der Waals surface area contributed by atoms with Crippen LogP contribution >= 0.6 is 11.3 Å². The molecular formula is C17H16N2O3S. The van der Waals surface area contributed by atoms with Crippen LogP contribution in [0.4, 0.5) is 5.69 Å². The first-order chi connectivity index (χ1) is 11.1. The van der Waals surface area contributed by atoms with E-state index in [-0.39, 0.29) is 12.5 Å². The quantitative estimate of drug-likeness (QED) is 0.760. The number of amides is 1. The molecule has 0 saturated carbocycles. The predicted octanol–water partition coefficient (Wildman–Crippen LogP) is 4.25. The first-order valence-corrected chi connectivity index (χ1v) is 8.06. The van der Waals surface area contributed by atoms with Gasteiger partial charge in [0.2, 0.25) is 11.8 Å². The van der Waals surface area contributed by atoms with Crippen molar-refractivity contribution in [2.75, 3.05) is 5.32 Å². The molecule has 2 aromatic heterocycles. The average Bonchev–Trinajstić information content (AvgIpc) is 3.15. The zero-order valence-electron chi connectivity index (χ0n) is 12.8. The maximum atomic E-state index is 11.2. The molecule has 3 rings (SSSR count). The fourth-order valence-electron chi connectivity index (χ4n) is 2.10. The normalized spacial score (nSPS) is 10.5. The second-order valence-electron chi connectivity index (χ2n) is 5.00. The minimum Gasteiger partial charge on any atom is -0.485 e. The van der Waals surface area contributed by atoms with E-state index in [1.165, 1.54) is 6.92 Å². The van der Waals surface area contributed by atoms with Crippen LogP contribution in [0.3, 0.4) is 0 Å². The molecule has 0 aliphatic rings. The number of thiophene rings is 1. The lowest BCUT2D eigenvalue weighted by Gasteiger charge is -2.10. The van der Waals surface area contributed by atoms with Crippen LogP contribution < -0.4 is 10.1 Å². The lowest BCUT2D eigenvalue weighted by Crippen LogP contribution is -2.08. The summed E-state index contributed by atoms with van der Waals surface area (Å²) >= 11 is 1.60. The molecule has 0 aliphatic heterocycles. The molecule has 2 heterocycles. The maximum absolute atomic E-state index is 11.2. The van der Waals surface area contributed by atoms with Gasteiger partial charge in [0.25, 0.3) is 0 Å². The lowest BCUT2D eigenvalue weighted by molar-refractivity contribution is -0.114. The second kappa shape index (κ2) is 6.66. The van der Waals surface area contributed by atoms with Crippen molar-refractivity contribution in [1.82, 2.24) is 4.98 Å². The van der Waals surface area contributed by atoms with Gasteiger partial charge in [-0.2, -0.15) is 11.3 Å². The summed E-state index contributed by atoms with van der Waals surface area (Å²) in [7, 11) is 0. The highest BCUT2D eigenvalue weighted by atomic mass is 32.1. The Bertz CT molecular complexity index is 809. The largest absolute Gasteiger partial charge is 0.485 e. The molecule has 23 heavy (non-hydrogen) atoms. The Morgan fingerprint density at radius 1 is 1.35 bits per heavy atom. The van der Waals surface area contributed by atoms with Gasteiger partial charge in [0, 0.05) is 17.9 Å². The van der Waals surface area contributed by atoms with E-state index in [1.54, 1.807) is 23.5 Å². The minimum atomic E-state index is -0.140. The van der Waals surface area contributed by atoms with E-state index in [4.69, 9.17) is 9.15 Å². The molecule has 118 valence electrons. The highest BCUT2D eigenvalue weighted by molar-refractivity contribution is 7.08. The Kier molecular flexibility index (Phi) is 4.43. The molecule has 0 bridgehead atoms. The fraction of sp³-hybridized carbons (Fsp3) is 0.176. The first kappa shape index (κ1) is 15.3. The number of ether oxygens (including phenoxy) is 1. The van der Waals surface area contributed by atoms with Crippen LogP contribution in [0, 0.1) is 6.92 Å². The number of para-hydroxylation sites is 2. The molecule has 0 fully saturated rings. The number of hydrogen-bond acceptors (Lipinski definition) is 5. The van der Waals surface area contributed by atoms with Crippen LogP contribution in [0.15, 0.2) is 45.5 Å². The number of nitrogens with zero attached hydrogens (tertiary/aromatic N) is 1. The topological polar surface area (TPSA) is 64.4 Å². The van der Waals surface area contributed by atoms with Crippen molar-refractivity contribution in [1.29, 1.82) is 0 Å². The van der Waals surface area contributed by atoms with Crippen molar-refractivity contribution in [3.63, 3.8) is 0 Å². The summed E-state index contributed by atoms with van der Waals surface area (Å²) in [6.07, 6.45) is 0. The molecule has 0 atom stereocenters. The zero-order valence-corrected chi connectivity index (χ0v) is 13.6. The van der Waals surface area contributed by atoms with Crippen LogP contribution in [0.2, 0.25) is 0 Å². The molecule has 1 N–H and O–H groups in total. The highest BCUT2D eigenvalue weighted by Gasteiger charge is 2.13. The molecule has 0 saturated heterocycles. The Hall–Kier alpha value is -2.60.